The number of halogens is 1. The van der Waals surface area contributed by atoms with Crippen LogP contribution in [0.4, 0.5) is 5.69 Å². The van der Waals surface area contributed by atoms with Crippen LogP contribution in [0.5, 0.6) is 0 Å². The number of piperidine rings is 1. The first-order chi connectivity index (χ1) is 15.9. The molecular weight excluding hydrogens is 488 g/mol. The van der Waals surface area contributed by atoms with E-state index in [-0.39, 0.29) is 11.8 Å². The number of hydrogen-bond donors (Lipinski definition) is 1. The first-order valence-corrected chi connectivity index (χ1v) is 11.5. The van der Waals surface area contributed by atoms with E-state index in [1.54, 1.807) is 25.1 Å². The maximum absolute atomic E-state index is 12.8. The van der Waals surface area contributed by atoms with Gasteiger partial charge >= 0.3 is 5.97 Å². The average Bonchev–Trinajstić information content (AvgIpc) is 3.29. The lowest BCUT2D eigenvalue weighted by atomic mass is 9.95. The van der Waals surface area contributed by atoms with Crippen LogP contribution in [0.3, 0.4) is 0 Å². The van der Waals surface area contributed by atoms with Crippen molar-refractivity contribution in [1.29, 1.82) is 0 Å². The van der Waals surface area contributed by atoms with E-state index in [4.69, 9.17) is 9.26 Å². The molecule has 0 radical (unpaired) electrons. The SMILES string of the molecule is COC(=O)c1cccc(NC(=O)C2CCN(Cc3nc(-c4ccc(Br)cc4)no3)CC2)c1C. The molecule has 0 bridgehead atoms. The summed E-state index contributed by atoms with van der Waals surface area (Å²) in [7, 11) is 1.34. The number of amides is 1. The molecule has 2 heterocycles. The first kappa shape index (κ1) is 23.1. The van der Waals surface area contributed by atoms with Gasteiger partial charge in [-0.1, -0.05) is 27.2 Å². The number of rotatable bonds is 6. The van der Waals surface area contributed by atoms with Crippen LogP contribution in [0, 0.1) is 12.8 Å². The van der Waals surface area contributed by atoms with Crippen molar-refractivity contribution >= 4 is 33.5 Å². The third kappa shape index (κ3) is 5.48. The maximum Gasteiger partial charge on any atom is 0.338 e. The second kappa shape index (κ2) is 10.3. The number of carbonyl (C=O) groups excluding carboxylic acids is 2. The molecule has 0 spiro atoms. The summed E-state index contributed by atoms with van der Waals surface area (Å²) < 4.78 is 11.2. The fraction of sp³-hybridized carbons (Fsp3) is 0.333. The summed E-state index contributed by atoms with van der Waals surface area (Å²) >= 11 is 3.42. The van der Waals surface area contributed by atoms with Crippen molar-refractivity contribution in [3.05, 3.63) is 64.0 Å². The number of nitrogens with zero attached hydrogens (tertiary/aromatic N) is 3. The van der Waals surface area contributed by atoms with Crippen LogP contribution in [-0.2, 0) is 16.1 Å². The standard InChI is InChI=1S/C24H25BrN4O4/c1-15-19(24(31)32-2)4-3-5-20(15)26-23(30)17-10-12-29(13-11-17)14-21-27-22(28-33-21)16-6-8-18(25)9-7-16/h3-9,17H,10-14H2,1-2H3,(H,26,30). The molecule has 4 rings (SSSR count). The lowest BCUT2D eigenvalue weighted by Gasteiger charge is -2.30. The molecule has 9 heteroatoms. The van der Waals surface area contributed by atoms with Crippen molar-refractivity contribution in [3.8, 4) is 11.4 Å². The van der Waals surface area contributed by atoms with Gasteiger partial charge in [-0.25, -0.2) is 4.79 Å². The molecule has 1 amide bonds. The number of esters is 1. The largest absolute Gasteiger partial charge is 0.465 e. The molecule has 1 aliphatic rings. The molecule has 2 aromatic carbocycles. The normalized spacial score (nSPS) is 14.8. The molecule has 172 valence electrons. The molecule has 8 nitrogen and oxygen atoms in total. The Labute approximate surface area is 200 Å². The Morgan fingerprint density at radius 3 is 2.61 bits per heavy atom. The number of ether oxygens (including phenoxy) is 1. The van der Waals surface area contributed by atoms with Crippen LogP contribution >= 0.6 is 15.9 Å². The number of nitrogens with one attached hydrogen (secondary N) is 1. The average molecular weight is 513 g/mol. The van der Waals surface area contributed by atoms with Crippen molar-refractivity contribution in [2.24, 2.45) is 5.92 Å². The second-order valence-electron chi connectivity index (χ2n) is 8.03. The highest BCUT2D eigenvalue weighted by Crippen LogP contribution is 2.25. The minimum atomic E-state index is -0.416. The quantitative estimate of drug-likeness (QED) is 0.487. The van der Waals surface area contributed by atoms with E-state index in [9.17, 15) is 9.59 Å². The molecule has 1 aromatic heterocycles. The number of likely N-dealkylation sites (tertiary alicyclic amines) is 1. The van der Waals surface area contributed by atoms with E-state index >= 15 is 0 Å². The van der Waals surface area contributed by atoms with Crippen molar-refractivity contribution in [2.75, 3.05) is 25.5 Å². The molecule has 0 saturated carbocycles. The Balaban J connectivity index is 1.31. The molecule has 0 unspecified atom stereocenters. The van der Waals surface area contributed by atoms with E-state index < -0.39 is 5.97 Å². The van der Waals surface area contributed by atoms with Gasteiger partial charge in [0.15, 0.2) is 0 Å². The van der Waals surface area contributed by atoms with E-state index in [0.717, 1.165) is 36.0 Å². The molecule has 1 saturated heterocycles. The molecule has 1 aliphatic heterocycles. The van der Waals surface area contributed by atoms with Crippen LogP contribution in [0.25, 0.3) is 11.4 Å². The Morgan fingerprint density at radius 2 is 1.91 bits per heavy atom. The number of anilines is 1. The summed E-state index contributed by atoms with van der Waals surface area (Å²) in [6, 6.07) is 13.0. The smallest absolute Gasteiger partial charge is 0.338 e. The van der Waals surface area contributed by atoms with Gasteiger partial charge in [-0.15, -0.1) is 0 Å². The molecule has 1 N–H and O–H groups in total. The van der Waals surface area contributed by atoms with Gasteiger partial charge in [-0.05, 0) is 74.8 Å². The fourth-order valence-electron chi connectivity index (χ4n) is 3.92. The van der Waals surface area contributed by atoms with Gasteiger partial charge in [-0.2, -0.15) is 4.98 Å². The number of aromatic nitrogens is 2. The highest BCUT2D eigenvalue weighted by atomic mass is 79.9. The van der Waals surface area contributed by atoms with Crippen LogP contribution < -0.4 is 5.32 Å². The van der Waals surface area contributed by atoms with Gasteiger partial charge in [0.05, 0.1) is 19.2 Å². The summed E-state index contributed by atoms with van der Waals surface area (Å²) in [4.78, 5) is 31.4. The van der Waals surface area contributed by atoms with Gasteiger partial charge in [0.25, 0.3) is 0 Å². The van der Waals surface area contributed by atoms with E-state index in [2.05, 4.69) is 36.3 Å². The molecule has 3 aromatic rings. The third-order valence-corrected chi connectivity index (χ3v) is 6.41. The molecule has 0 atom stereocenters. The first-order valence-electron chi connectivity index (χ1n) is 10.7. The van der Waals surface area contributed by atoms with Crippen molar-refractivity contribution in [1.82, 2.24) is 15.0 Å². The number of benzene rings is 2. The highest BCUT2D eigenvalue weighted by molar-refractivity contribution is 9.10. The number of hydrogen-bond acceptors (Lipinski definition) is 7. The fourth-order valence-corrected chi connectivity index (χ4v) is 4.18. The summed E-state index contributed by atoms with van der Waals surface area (Å²) in [5, 5.41) is 7.06. The van der Waals surface area contributed by atoms with Gasteiger partial charge in [0.2, 0.25) is 17.6 Å². The Hall–Kier alpha value is -3.04. The van der Waals surface area contributed by atoms with Gasteiger partial charge in [0.1, 0.15) is 0 Å². The summed E-state index contributed by atoms with van der Waals surface area (Å²) in [5.74, 6) is 0.585. The molecule has 33 heavy (non-hydrogen) atoms. The Kier molecular flexibility index (Phi) is 7.20. The van der Waals surface area contributed by atoms with Gasteiger partial charge < -0.3 is 14.6 Å². The topological polar surface area (TPSA) is 97.6 Å². The van der Waals surface area contributed by atoms with E-state index in [0.29, 0.717) is 35.1 Å². The highest BCUT2D eigenvalue weighted by Gasteiger charge is 2.27. The minimum absolute atomic E-state index is 0.0323. The lowest BCUT2D eigenvalue weighted by molar-refractivity contribution is -0.121. The van der Waals surface area contributed by atoms with Crippen molar-refractivity contribution in [3.63, 3.8) is 0 Å². The Morgan fingerprint density at radius 1 is 1.18 bits per heavy atom. The molecule has 0 aliphatic carbocycles. The minimum Gasteiger partial charge on any atom is -0.465 e. The maximum atomic E-state index is 12.8. The number of methoxy groups -OCH3 is 1. The van der Waals surface area contributed by atoms with Crippen molar-refractivity contribution in [2.45, 2.75) is 26.3 Å². The zero-order chi connectivity index (χ0) is 23.4. The second-order valence-corrected chi connectivity index (χ2v) is 8.94. The monoisotopic (exact) mass is 512 g/mol. The predicted molar refractivity (Wildman–Crippen MR) is 127 cm³/mol. The van der Waals surface area contributed by atoms with Crippen LogP contribution in [-0.4, -0.2) is 47.1 Å². The van der Waals surface area contributed by atoms with E-state index in [1.807, 2.05) is 24.3 Å². The van der Waals surface area contributed by atoms with Crippen LogP contribution in [0.2, 0.25) is 0 Å². The van der Waals surface area contributed by atoms with Crippen molar-refractivity contribution < 1.29 is 18.8 Å². The third-order valence-electron chi connectivity index (χ3n) is 5.88. The van der Waals surface area contributed by atoms with E-state index in [1.165, 1.54) is 7.11 Å². The summed E-state index contributed by atoms with van der Waals surface area (Å²) in [6.45, 7) is 3.88. The zero-order valence-corrected chi connectivity index (χ0v) is 20.1. The lowest BCUT2D eigenvalue weighted by Crippen LogP contribution is -2.38. The van der Waals surface area contributed by atoms with Crippen LogP contribution in [0.1, 0.15) is 34.7 Å². The van der Waals surface area contributed by atoms with Crippen LogP contribution in [0.15, 0.2) is 51.5 Å². The summed E-state index contributed by atoms with van der Waals surface area (Å²) in [5.41, 5.74) is 2.69. The zero-order valence-electron chi connectivity index (χ0n) is 18.5. The van der Waals surface area contributed by atoms with Gasteiger partial charge in [0, 0.05) is 21.6 Å². The Bertz CT molecular complexity index is 1140. The predicted octanol–water partition coefficient (Wildman–Crippen LogP) is 4.44. The van der Waals surface area contributed by atoms with Gasteiger partial charge in [-0.3, -0.25) is 9.69 Å². The molecule has 1 fully saturated rings. The number of carbonyl (C=O) groups is 2. The molecular formula is C24H25BrN4O4. The summed E-state index contributed by atoms with van der Waals surface area (Å²) in [6.07, 6.45) is 1.46.